The molecular formula is C11H19N3O3. The van der Waals surface area contributed by atoms with E-state index in [4.69, 9.17) is 15.2 Å². The van der Waals surface area contributed by atoms with Gasteiger partial charge in [0.25, 0.3) is 0 Å². The van der Waals surface area contributed by atoms with E-state index in [2.05, 4.69) is 5.10 Å². The summed E-state index contributed by atoms with van der Waals surface area (Å²) in [6.07, 6.45) is 0.122. The molecule has 0 aliphatic heterocycles. The van der Waals surface area contributed by atoms with E-state index in [0.717, 1.165) is 11.3 Å². The van der Waals surface area contributed by atoms with Crippen molar-refractivity contribution < 1.29 is 14.3 Å². The van der Waals surface area contributed by atoms with Gasteiger partial charge in [-0.15, -0.1) is 0 Å². The average Bonchev–Trinajstić information content (AvgIpc) is 2.52. The van der Waals surface area contributed by atoms with E-state index in [1.807, 2.05) is 6.92 Å². The maximum Gasteiger partial charge on any atom is 0.307 e. The van der Waals surface area contributed by atoms with Crippen molar-refractivity contribution in [3.05, 3.63) is 11.3 Å². The van der Waals surface area contributed by atoms with Crippen LogP contribution in [0, 0.1) is 6.92 Å². The number of nitrogens with zero attached hydrogens (tertiary/aromatic N) is 2. The van der Waals surface area contributed by atoms with Crippen LogP contribution in [-0.2, 0) is 16.6 Å². The van der Waals surface area contributed by atoms with Gasteiger partial charge in [0, 0.05) is 13.1 Å². The van der Waals surface area contributed by atoms with Crippen LogP contribution in [0.4, 0.5) is 0 Å². The highest BCUT2D eigenvalue weighted by Crippen LogP contribution is 2.28. The van der Waals surface area contributed by atoms with E-state index in [9.17, 15) is 4.79 Å². The number of hydrogen-bond acceptors (Lipinski definition) is 5. The first-order chi connectivity index (χ1) is 8.01. The Morgan fingerprint density at radius 2 is 2.24 bits per heavy atom. The summed E-state index contributed by atoms with van der Waals surface area (Å²) in [6.45, 7) is 3.96. The molecular weight excluding hydrogens is 222 g/mol. The van der Waals surface area contributed by atoms with Crippen LogP contribution in [-0.4, -0.2) is 29.5 Å². The van der Waals surface area contributed by atoms with Crippen molar-refractivity contribution in [3.8, 4) is 5.88 Å². The Labute approximate surface area is 101 Å². The number of carbonyl (C=O) groups is 1. The molecule has 0 radical (unpaired) electrons. The number of rotatable bonds is 5. The molecule has 0 bridgehead atoms. The van der Waals surface area contributed by atoms with Crippen LogP contribution in [0.1, 0.15) is 30.6 Å². The monoisotopic (exact) mass is 241 g/mol. The molecule has 0 aliphatic rings. The average molecular weight is 241 g/mol. The van der Waals surface area contributed by atoms with Crippen molar-refractivity contribution in [2.24, 2.45) is 12.8 Å². The highest BCUT2D eigenvalue weighted by atomic mass is 16.5. The van der Waals surface area contributed by atoms with Gasteiger partial charge in [-0.3, -0.25) is 4.79 Å². The summed E-state index contributed by atoms with van der Waals surface area (Å²) in [6, 6.07) is -0.460. The van der Waals surface area contributed by atoms with Crippen molar-refractivity contribution in [3.63, 3.8) is 0 Å². The number of hydrogen-bond donors (Lipinski definition) is 1. The van der Waals surface area contributed by atoms with Crippen LogP contribution in [0.15, 0.2) is 0 Å². The molecule has 1 aromatic rings. The molecule has 1 unspecified atom stereocenters. The van der Waals surface area contributed by atoms with Crippen LogP contribution >= 0.6 is 0 Å². The lowest BCUT2D eigenvalue weighted by Gasteiger charge is -2.12. The van der Waals surface area contributed by atoms with Gasteiger partial charge in [-0.05, 0) is 13.8 Å². The smallest absolute Gasteiger partial charge is 0.307 e. The minimum Gasteiger partial charge on any atom is -0.481 e. The standard InChI is InChI=1S/C11H19N3O3/c1-5-17-9(15)6-8(12)10-7(2)13-14(3)11(10)16-4/h8H,5-6,12H2,1-4H3. The predicted molar refractivity (Wildman–Crippen MR) is 62.7 cm³/mol. The maximum atomic E-state index is 11.4. The Morgan fingerprint density at radius 3 is 2.76 bits per heavy atom. The van der Waals surface area contributed by atoms with Gasteiger partial charge in [0.05, 0.1) is 31.4 Å². The van der Waals surface area contributed by atoms with Gasteiger partial charge in [-0.2, -0.15) is 5.10 Å². The molecule has 0 saturated carbocycles. The van der Waals surface area contributed by atoms with E-state index >= 15 is 0 Å². The summed E-state index contributed by atoms with van der Waals surface area (Å²) in [4.78, 5) is 11.4. The van der Waals surface area contributed by atoms with Gasteiger partial charge < -0.3 is 15.2 Å². The molecule has 0 saturated heterocycles. The van der Waals surface area contributed by atoms with Crippen LogP contribution in [0.25, 0.3) is 0 Å². The zero-order chi connectivity index (χ0) is 13.0. The molecule has 0 spiro atoms. The Bertz CT molecular complexity index is 401. The third kappa shape index (κ3) is 2.97. The van der Waals surface area contributed by atoms with Crippen LogP contribution in [0.5, 0.6) is 5.88 Å². The number of aryl methyl sites for hydroxylation is 2. The largest absolute Gasteiger partial charge is 0.481 e. The molecule has 0 fully saturated rings. The molecule has 2 N–H and O–H groups in total. The Hall–Kier alpha value is -1.56. The number of carbonyl (C=O) groups excluding carboxylic acids is 1. The third-order valence-corrected chi connectivity index (χ3v) is 2.47. The predicted octanol–water partition coefficient (Wildman–Crippen LogP) is 0.690. The SMILES string of the molecule is CCOC(=O)CC(N)c1c(C)nn(C)c1OC. The van der Waals surface area contributed by atoms with Crippen molar-refractivity contribution in [1.29, 1.82) is 0 Å². The first-order valence-corrected chi connectivity index (χ1v) is 5.49. The summed E-state index contributed by atoms with van der Waals surface area (Å²) in [5.74, 6) is 0.268. The highest BCUT2D eigenvalue weighted by molar-refractivity contribution is 5.70. The molecule has 1 atom stereocenters. The number of methoxy groups -OCH3 is 1. The summed E-state index contributed by atoms with van der Waals surface area (Å²) >= 11 is 0. The summed E-state index contributed by atoms with van der Waals surface area (Å²) in [5, 5.41) is 4.22. The van der Waals surface area contributed by atoms with Gasteiger partial charge in [-0.1, -0.05) is 0 Å². The lowest BCUT2D eigenvalue weighted by molar-refractivity contribution is -0.143. The van der Waals surface area contributed by atoms with Crippen molar-refractivity contribution >= 4 is 5.97 Å². The molecule has 17 heavy (non-hydrogen) atoms. The fourth-order valence-corrected chi connectivity index (χ4v) is 1.82. The number of esters is 1. The van der Waals surface area contributed by atoms with Gasteiger partial charge >= 0.3 is 5.97 Å². The first-order valence-electron chi connectivity index (χ1n) is 5.49. The Kier molecular flexibility index (Phi) is 4.51. The molecule has 1 aromatic heterocycles. The fourth-order valence-electron chi connectivity index (χ4n) is 1.82. The van der Waals surface area contributed by atoms with E-state index in [-0.39, 0.29) is 12.4 Å². The summed E-state index contributed by atoms with van der Waals surface area (Å²) < 4.78 is 11.7. The molecule has 96 valence electrons. The van der Waals surface area contributed by atoms with Gasteiger partial charge in [0.15, 0.2) is 0 Å². The van der Waals surface area contributed by atoms with Crippen molar-refractivity contribution in [1.82, 2.24) is 9.78 Å². The summed E-state index contributed by atoms with van der Waals surface area (Å²) in [7, 11) is 3.32. The molecule has 6 nitrogen and oxygen atoms in total. The molecule has 6 heteroatoms. The van der Waals surface area contributed by atoms with Crippen LogP contribution in [0.3, 0.4) is 0 Å². The summed E-state index contributed by atoms with van der Waals surface area (Å²) in [5.41, 5.74) is 7.50. The number of aromatic nitrogens is 2. The van der Waals surface area contributed by atoms with E-state index < -0.39 is 6.04 Å². The number of ether oxygens (including phenoxy) is 2. The second-order valence-electron chi connectivity index (χ2n) is 3.75. The van der Waals surface area contributed by atoms with E-state index in [0.29, 0.717) is 12.5 Å². The quantitative estimate of drug-likeness (QED) is 0.767. The van der Waals surface area contributed by atoms with Gasteiger partial charge in [0.1, 0.15) is 0 Å². The molecule has 0 aliphatic carbocycles. The fraction of sp³-hybridized carbons (Fsp3) is 0.636. The Balaban J connectivity index is 2.88. The molecule has 0 amide bonds. The lowest BCUT2D eigenvalue weighted by atomic mass is 10.1. The molecule has 1 heterocycles. The first kappa shape index (κ1) is 13.5. The lowest BCUT2D eigenvalue weighted by Crippen LogP contribution is -2.18. The molecule has 1 rings (SSSR count). The zero-order valence-electron chi connectivity index (χ0n) is 10.7. The number of nitrogens with two attached hydrogens (primary N) is 1. The Morgan fingerprint density at radius 1 is 1.59 bits per heavy atom. The zero-order valence-corrected chi connectivity index (χ0v) is 10.7. The van der Waals surface area contributed by atoms with Crippen LogP contribution < -0.4 is 10.5 Å². The third-order valence-electron chi connectivity index (χ3n) is 2.47. The van der Waals surface area contributed by atoms with Crippen LogP contribution in [0.2, 0.25) is 0 Å². The molecule has 0 aromatic carbocycles. The second kappa shape index (κ2) is 5.67. The van der Waals surface area contributed by atoms with Crippen molar-refractivity contribution in [2.75, 3.05) is 13.7 Å². The minimum atomic E-state index is -0.460. The van der Waals surface area contributed by atoms with E-state index in [1.54, 1.807) is 25.8 Å². The second-order valence-corrected chi connectivity index (χ2v) is 3.75. The normalized spacial score (nSPS) is 12.3. The highest BCUT2D eigenvalue weighted by Gasteiger charge is 2.22. The van der Waals surface area contributed by atoms with Crippen molar-refractivity contribution in [2.45, 2.75) is 26.3 Å². The van der Waals surface area contributed by atoms with Gasteiger partial charge in [-0.25, -0.2) is 4.68 Å². The van der Waals surface area contributed by atoms with Gasteiger partial charge in [0.2, 0.25) is 5.88 Å². The minimum absolute atomic E-state index is 0.122. The topological polar surface area (TPSA) is 79.4 Å². The van der Waals surface area contributed by atoms with E-state index in [1.165, 1.54) is 0 Å². The maximum absolute atomic E-state index is 11.4.